The van der Waals surface area contributed by atoms with Crippen molar-refractivity contribution in [3.63, 3.8) is 0 Å². The number of thiol groups is 1. The van der Waals surface area contributed by atoms with Crippen molar-refractivity contribution < 1.29 is 0 Å². The van der Waals surface area contributed by atoms with Crippen molar-refractivity contribution in [1.29, 1.82) is 10.5 Å². The third-order valence-corrected chi connectivity index (χ3v) is 3.44. The Hall–Kier alpha value is -0.725. The predicted molar refractivity (Wildman–Crippen MR) is 132 cm³/mol. The van der Waals surface area contributed by atoms with Gasteiger partial charge in [0.1, 0.15) is 0 Å². The summed E-state index contributed by atoms with van der Waals surface area (Å²) in [6, 6.07) is 20.3. The summed E-state index contributed by atoms with van der Waals surface area (Å²) in [4.78, 5) is 0. The van der Waals surface area contributed by atoms with Crippen LogP contribution in [0.1, 0.15) is 22.3 Å². The number of hydrogen-bond acceptors (Lipinski definition) is 4. The average molecular weight is 553 g/mol. The molecule has 0 aliphatic carbocycles. The molecule has 2 aromatic carbocycles. The SMILES string of the molecule is Cc1cccc(CC#N)c1.ClC(Cl)(Cl)Cl.N#CCc1cccc(CBr)c1.[B]=NS. The first-order valence-electron chi connectivity index (χ1n) is 7.84. The second-order valence-corrected chi connectivity index (χ2v) is 9.38. The van der Waals surface area contributed by atoms with Gasteiger partial charge in [-0.3, -0.25) is 0 Å². The number of aryl methyl sites for hydroxylation is 1. The maximum absolute atomic E-state index is 8.42. The molecule has 10 heteroatoms. The van der Waals surface area contributed by atoms with E-state index in [4.69, 9.17) is 56.9 Å². The Labute approximate surface area is 207 Å². The third-order valence-electron chi connectivity index (χ3n) is 2.79. The van der Waals surface area contributed by atoms with Crippen molar-refractivity contribution in [2.75, 3.05) is 0 Å². The van der Waals surface area contributed by atoms with Gasteiger partial charge in [0.2, 0.25) is 0 Å². The summed E-state index contributed by atoms with van der Waals surface area (Å²) in [5.41, 5.74) is 4.62. The van der Waals surface area contributed by atoms with Crippen LogP contribution in [0.3, 0.4) is 0 Å². The Morgan fingerprint density at radius 1 is 0.966 bits per heavy atom. The van der Waals surface area contributed by atoms with E-state index < -0.39 is 3.25 Å². The van der Waals surface area contributed by atoms with Gasteiger partial charge in [0.25, 0.3) is 3.25 Å². The fourth-order valence-electron chi connectivity index (χ4n) is 1.83. The molecular formula is C19H18BBrCl4N3S. The molecule has 0 bridgehead atoms. The Kier molecular flexibility index (Phi) is 20.2. The van der Waals surface area contributed by atoms with Gasteiger partial charge in [-0.25, -0.2) is 0 Å². The first-order valence-corrected chi connectivity index (χ1v) is 10.9. The molecule has 0 saturated heterocycles. The zero-order chi connectivity index (χ0) is 22.7. The summed E-state index contributed by atoms with van der Waals surface area (Å²) in [7, 11) is 4.34. The molecule has 1 radical (unpaired) electrons. The minimum atomic E-state index is -1.61. The summed E-state index contributed by atoms with van der Waals surface area (Å²) < 4.78 is 1.08. The van der Waals surface area contributed by atoms with Crippen LogP contribution in [0.5, 0.6) is 0 Å². The molecule has 0 aromatic heterocycles. The van der Waals surface area contributed by atoms with Gasteiger partial charge >= 0.3 is 24.8 Å². The molecule has 3 nitrogen and oxygen atoms in total. The van der Waals surface area contributed by atoms with Crippen LogP contribution in [0.15, 0.2) is 52.8 Å². The molecule has 0 atom stereocenters. The van der Waals surface area contributed by atoms with Gasteiger partial charge in [0.15, 0.2) is 0 Å². The van der Waals surface area contributed by atoms with Crippen LogP contribution < -0.4 is 0 Å². The number of alkyl halides is 5. The van der Waals surface area contributed by atoms with E-state index in [1.54, 1.807) is 0 Å². The number of hydrogen-bond donors (Lipinski definition) is 1. The fourth-order valence-corrected chi connectivity index (χ4v) is 2.18. The topological polar surface area (TPSA) is 59.9 Å². The number of nitriles is 2. The van der Waals surface area contributed by atoms with Crippen LogP contribution >= 0.6 is 75.1 Å². The molecule has 153 valence electrons. The van der Waals surface area contributed by atoms with Crippen LogP contribution in [0.2, 0.25) is 0 Å². The third kappa shape index (κ3) is 23.4. The molecule has 0 heterocycles. The van der Waals surface area contributed by atoms with E-state index in [2.05, 4.69) is 52.8 Å². The van der Waals surface area contributed by atoms with E-state index >= 15 is 0 Å². The van der Waals surface area contributed by atoms with E-state index in [0.717, 1.165) is 16.5 Å². The van der Waals surface area contributed by atoms with Crippen LogP contribution in [-0.2, 0) is 18.2 Å². The number of benzene rings is 2. The van der Waals surface area contributed by atoms with Crippen LogP contribution in [0, 0.1) is 29.6 Å². The summed E-state index contributed by atoms with van der Waals surface area (Å²) in [5.74, 6) is 0. The predicted octanol–water partition coefficient (Wildman–Crippen LogP) is 7.44. The molecule has 0 aliphatic rings. The number of nitrogens with zero attached hydrogens (tertiary/aromatic N) is 3. The standard InChI is InChI=1S/C9H8BrN.C9H9N.CCl4.BHNS/c10-7-9-3-1-2-8(6-9)4-5-11;1-8-3-2-4-9(7-8)5-6-10;2-1(3,4)5;1-2-3/h1-3,6H,4,7H2;2-4,7H,5H2,1H3;;3H. The molecule has 0 N–H and O–H groups in total. The van der Waals surface area contributed by atoms with E-state index in [0.29, 0.717) is 12.8 Å². The molecule has 0 fully saturated rings. The monoisotopic (exact) mass is 550 g/mol. The summed E-state index contributed by atoms with van der Waals surface area (Å²) in [5, 5.41) is 17.6. The Morgan fingerprint density at radius 2 is 1.34 bits per heavy atom. The van der Waals surface area contributed by atoms with Gasteiger partial charge in [-0.05, 0) is 23.6 Å². The normalized spacial score (nSPS) is 8.97. The van der Waals surface area contributed by atoms with Crippen molar-refractivity contribution in [3.05, 3.63) is 70.8 Å². The van der Waals surface area contributed by atoms with Crippen molar-refractivity contribution in [1.82, 2.24) is 0 Å². The Morgan fingerprint density at radius 3 is 1.72 bits per heavy atom. The van der Waals surface area contributed by atoms with Crippen molar-refractivity contribution in [2.45, 2.75) is 28.3 Å². The molecule has 2 aromatic rings. The van der Waals surface area contributed by atoms with Gasteiger partial charge in [-0.2, -0.15) is 10.5 Å². The molecule has 0 saturated carbocycles. The molecule has 29 heavy (non-hydrogen) atoms. The zero-order valence-corrected chi connectivity index (χ0v) is 21.0. The van der Waals surface area contributed by atoms with Crippen molar-refractivity contribution in [3.8, 4) is 12.1 Å². The second kappa shape index (κ2) is 19.3. The zero-order valence-electron chi connectivity index (χ0n) is 15.5. The van der Waals surface area contributed by atoms with E-state index in [1.165, 1.54) is 11.1 Å². The van der Waals surface area contributed by atoms with E-state index in [-0.39, 0.29) is 0 Å². The summed E-state index contributed by atoms with van der Waals surface area (Å²) in [6.45, 7) is 2.03. The second-order valence-electron chi connectivity index (χ2n) is 5.16. The van der Waals surface area contributed by atoms with E-state index in [1.807, 2.05) is 55.5 Å². The van der Waals surface area contributed by atoms with Gasteiger partial charge in [-0.1, -0.05) is 116 Å². The molecule has 2 rings (SSSR count). The molecule has 0 aliphatic heterocycles. The van der Waals surface area contributed by atoms with Gasteiger partial charge in [0, 0.05) is 5.33 Å². The van der Waals surface area contributed by atoms with Gasteiger partial charge < -0.3 is 0 Å². The van der Waals surface area contributed by atoms with Crippen LogP contribution in [0.25, 0.3) is 0 Å². The fraction of sp³-hybridized carbons (Fsp3) is 0.263. The van der Waals surface area contributed by atoms with E-state index in [9.17, 15) is 0 Å². The van der Waals surface area contributed by atoms with Crippen molar-refractivity contribution in [2.24, 2.45) is 4.30 Å². The Balaban J connectivity index is 0. The molecule has 0 amide bonds. The maximum atomic E-state index is 8.42. The van der Waals surface area contributed by atoms with Gasteiger partial charge in [-0.15, -0.1) is 0 Å². The first-order chi connectivity index (χ1) is 13.6. The van der Waals surface area contributed by atoms with Crippen LogP contribution in [0.4, 0.5) is 0 Å². The number of rotatable bonds is 3. The number of halogens is 5. The summed E-state index contributed by atoms with van der Waals surface area (Å²) in [6.07, 6.45) is 1.02. The van der Waals surface area contributed by atoms with Crippen molar-refractivity contribution >= 4 is 82.8 Å². The minimum absolute atomic E-state index is 0.501. The summed E-state index contributed by atoms with van der Waals surface area (Å²) >= 11 is 25.9. The quantitative estimate of drug-likeness (QED) is 0.244. The first kappa shape index (κ1) is 30.5. The van der Waals surface area contributed by atoms with Crippen LogP contribution in [-0.4, -0.2) is 10.9 Å². The molecule has 0 unspecified atom stereocenters. The van der Waals surface area contributed by atoms with Gasteiger partial charge in [0.05, 0.1) is 25.0 Å². The average Bonchev–Trinajstić information content (AvgIpc) is 2.62. The molecular weight excluding hydrogens is 535 g/mol. The Bertz CT molecular complexity index is 799. The molecule has 0 spiro atoms.